The Kier molecular flexibility index (Phi) is 8.34. The number of carbonyl (C=O) groups excluding carboxylic acids is 1. The second kappa shape index (κ2) is 11.0. The first-order valence-electron chi connectivity index (χ1n) is 9.52. The number of likely N-dealkylation sites (N-methyl/N-ethyl adjacent to an activating group) is 1. The zero-order valence-electron chi connectivity index (χ0n) is 17.1. The van der Waals surface area contributed by atoms with Gasteiger partial charge in [-0.1, -0.05) is 48.5 Å². The van der Waals surface area contributed by atoms with E-state index in [-0.39, 0.29) is 18.5 Å². The maximum absolute atomic E-state index is 12.0. The largest absolute Gasteiger partial charge is 0.494 e. The fraction of sp³-hybridized carbons (Fsp3) is 0.364. The number of aliphatic imine (C=N–C) groups is 1. The van der Waals surface area contributed by atoms with E-state index in [2.05, 4.69) is 34.7 Å². The van der Waals surface area contributed by atoms with E-state index in [0.29, 0.717) is 19.1 Å². The number of rotatable bonds is 8. The van der Waals surface area contributed by atoms with E-state index in [1.54, 1.807) is 19.0 Å². The summed E-state index contributed by atoms with van der Waals surface area (Å²) in [6.07, 6.45) is 0. The van der Waals surface area contributed by atoms with Crippen LogP contribution in [0.5, 0.6) is 5.75 Å². The topological polar surface area (TPSA) is 66.0 Å². The molecule has 6 nitrogen and oxygen atoms in total. The second-order valence-electron chi connectivity index (χ2n) is 6.62. The van der Waals surface area contributed by atoms with Gasteiger partial charge in [0.05, 0.1) is 25.7 Å². The molecule has 0 aliphatic heterocycles. The smallest absolute Gasteiger partial charge is 0.241 e. The Morgan fingerprint density at radius 2 is 1.79 bits per heavy atom. The molecule has 0 aliphatic rings. The Morgan fingerprint density at radius 3 is 2.46 bits per heavy atom. The first-order chi connectivity index (χ1) is 13.5. The molecule has 28 heavy (non-hydrogen) atoms. The summed E-state index contributed by atoms with van der Waals surface area (Å²) in [5.74, 6) is 1.39. The normalized spacial score (nSPS) is 12.2. The van der Waals surface area contributed by atoms with Gasteiger partial charge in [-0.15, -0.1) is 0 Å². The fourth-order valence-corrected chi connectivity index (χ4v) is 2.60. The van der Waals surface area contributed by atoms with Crippen molar-refractivity contribution in [3.05, 3.63) is 65.7 Å². The van der Waals surface area contributed by atoms with Gasteiger partial charge in [-0.2, -0.15) is 0 Å². The van der Waals surface area contributed by atoms with Crippen molar-refractivity contribution in [3.63, 3.8) is 0 Å². The standard InChI is InChI=1S/C22H30N4O2/c1-5-28-20-14-10-9-13-19(20)15-23-22(24-16-21(27)26(3)4)25-17(2)18-11-7-6-8-12-18/h6-14,17H,5,15-16H2,1-4H3,(H2,23,24,25). The van der Waals surface area contributed by atoms with Gasteiger partial charge in [-0.25, -0.2) is 4.99 Å². The molecule has 0 radical (unpaired) electrons. The Labute approximate surface area is 167 Å². The molecule has 0 fully saturated rings. The molecule has 2 aromatic rings. The van der Waals surface area contributed by atoms with Crippen molar-refractivity contribution in [2.75, 3.05) is 27.2 Å². The summed E-state index contributed by atoms with van der Waals surface area (Å²) in [6.45, 7) is 5.25. The van der Waals surface area contributed by atoms with Gasteiger partial charge in [0, 0.05) is 19.7 Å². The van der Waals surface area contributed by atoms with E-state index in [1.807, 2.05) is 49.4 Å². The number of hydrogen-bond acceptors (Lipinski definition) is 3. The summed E-state index contributed by atoms with van der Waals surface area (Å²) < 4.78 is 5.68. The van der Waals surface area contributed by atoms with Crippen LogP contribution >= 0.6 is 0 Å². The van der Waals surface area contributed by atoms with Crippen molar-refractivity contribution in [1.29, 1.82) is 0 Å². The van der Waals surface area contributed by atoms with Gasteiger partial charge in [-0.05, 0) is 25.5 Å². The third kappa shape index (κ3) is 6.61. The summed E-state index contributed by atoms with van der Waals surface area (Å²) in [5.41, 5.74) is 2.14. The van der Waals surface area contributed by atoms with Crippen molar-refractivity contribution < 1.29 is 9.53 Å². The van der Waals surface area contributed by atoms with Crippen molar-refractivity contribution in [2.24, 2.45) is 4.99 Å². The highest BCUT2D eigenvalue weighted by Gasteiger charge is 2.11. The van der Waals surface area contributed by atoms with E-state index in [4.69, 9.17) is 4.74 Å². The summed E-state index contributed by atoms with van der Waals surface area (Å²) in [5, 5.41) is 6.51. The van der Waals surface area contributed by atoms with E-state index < -0.39 is 0 Å². The molecular formula is C22H30N4O2. The van der Waals surface area contributed by atoms with Crippen LogP contribution in [0.4, 0.5) is 0 Å². The van der Waals surface area contributed by atoms with Gasteiger partial charge in [0.2, 0.25) is 5.91 Å². The van der Waals surface area contributed by atoms with E-state index in [1.165, 1.54) is 0 Å². The molecule has 1 atom stereocenters. The van der Waals surface area contributed by atoms with Gasteiger partial charge in [0.25, 0.3) is 0 Å². The Balaban J connectivity index is 2.14. The number of para-hydroxylation sites is 1. The minimum Gasteiger partial charge on any atom is -0.494 e. The molecule has 150 valence electrons. The van der Waals surface area contributed by atoms with Crippen LogP contribution < -0.4 is 15.4 Å². The Morgan fingerprint density at radius 1 is 1.11 bits per heavy atom. The van der Waals surface area contributed by atoms with Crippen LogP contribution in [0.25, 0.3) is 0 Å². The van der Waals surface area contributed by atoms with Crippen LogP contribution in [0.3, 0.4) is 0 Å². The number of ether oxygens (including phenoxy) is 1. The summed E-state index contributed by atoms with van der Waals surface area (Å²) >= 11 is 0. The molecule has 1 amide bonds. The van der Waals surface area contributed by atoms with E-state index >= 15 is 0 Å². The minimum atomic E-state index is -0.0171. The second-order valence-corrected chi connectivity index (χ2v) is 6.62. The maximum Gasteiger partial charge on any atom is 0.241 e. The maximum atomic E-state index is 12.0. The Bertz CT molecular complexity index is 775. The minimum absolute atomic E-state index is 0.0171. The average Bonchev–Trinajstić information content (AvgIpc) is 2.71. The van der Waals surface area contributed by atoms with Gasteiger partial charge < -0.3 is 20.3 Å². The zero-order chi connectivity index (χ0) is 20.4. The van der Waals surface area contributed by atoms with Crippen molar-refractivity contribution in [2.45, 2.75) is 26.4 Å². The lowest BCUT2D eigenvalue weighted by Crippen LogP contribution is -2.43. The van der Waals surface area contributed by atoms with Crippen molar-refractivity contribution in [3.8, 4) is 5.75 Å². The van der Waals surface area contributed by atoms with E-state index in [0.717, 1.165) is 16.9 Å². The van der Waals surface area contributed by atoms with Crippen LogP contribution in [0.1, 0.15) is 31.0 Å². The highest BCUT2D eigenvalue weighted by molar-refractivity contribution is 5.86. The lowest BCUT2D eigenvalue weighted by molar-refractivity contribution is -0.127. The average molecular weight is 383 g/mol. The number of nitrogens with zero attached hydrogens (tertiary/aromatic N) is 2. The van der Waals surface area contributed by atoms with Crippen molar-refractivity contribution >= 4 is 11.9 Å². The first kappa shape index (κ1) is 21.3. The molecule has 2 rings (SSSR count). The number of carbonyl (C=O) groups is 1. The lowest BCUT2D eigenvalue weighted by atomic mass is 10.1. The lowest BCUT2D eigenvalue weighted by Gasteiger charge is -2.20. The summed E-state index contributed by atoms with van der Waals surface area (Å²) in [7, 11) is 3.47. The highest BCUT2D eigenvalue weighted by atomic mass is 16.5. The van der Waals surface area contributed by atoms with Gasteiger partial charge >= 0.3 is 0 Å². The molecule has 0 heterocycles. The molecule has 0 spiro atoms. The monoisotopic (exact) mass is 382 g/mol. The predicted octanol–water partition coefficient (Wildman–Crippen LogP) is 2.97. The molecule has 2 N–H and O–H groups in total. The van der Waals surface area contributed by atoms with Crippen LogP contribution in [-0.4, -0.2) is 44.0 Å². The summed E-state index contributed by atoms with van der Waals surface area (Å²) in [6, 6.07) is 18.0. The summed E-state index contributed by atoms with van der Waals surface area (Å²) in [4.78, 5) is 18.2. The third-order valence-corrected chi connectivity index (χ3v) is 4.24. The fourth-order valence-electron chi connectivity index (χ4n) is 2.60. The number of amides is 1. The zero-order valence-corrected chi connectivity index (χ0v) is 17.1. The highest BCUT2D eigenvalue weighted by Crippen LogP contribution is 2.19. The molecule has 0 saturated heterocycles. The molecule has 1 unspecified atom stereocenters. The molecule has 0 aliphatic carbocycles. The molecule has 2 aromatic carbocycles. The molecule has 0 bridgehead atoms. The van der Waals surface area contributed by atoms with Crippen LogP contribution in [-0.2, 0) is 11.3 Å². The number of nitrogens with one attached hydrogen (secondary N) is 2. The van der Waals surface area contributed by atoms with Crippen LogP contribution in [0.15, 0.2) is 59.6 Å². The SMILES string of the molecule is CCOc1ccccc1CN=C(NCC(=O)N(C)C)NC(C)c1ccccc1. The number of guanidine groups is 1. The molecule has 0 saturated carbocycles. The first-order valence-corrected chi connectivity index (χ1v) is 9.52. The number of hydrogen-bond donors (Lipinski definition) is 2. The third-order valence-electron chi connectivity index (χ3n) is 4.24. The Hall–Kier alpha value is -3.02. The van der Waals surface area contributed by atoms with E-state index in [9.17, 15) is 4.79 Å². The van der Waals surface area contributed by atoms with Crippen LogP contribution in [0.2, 0.25) is 0 Å². The molecule has 6 heteroatoms. The predicted molar refractivity (Wildman–Crippen MR) is 113 cm³/mol. The van der Waals surface area contributed by atoms with Crippen molar-refractivity contribution in [1.82, 2.24) is 15.5 Å². The quantitative estimate of drug-likeness (QED) is 0.544. The van der Waals surface area contributed by atoms with Crippen LogP contribution in [0, 0.1) is 0 Å². The number of benzene rings is 2. The van der Waals surface area contributed by atoms with Gasteiger partial charge in [0.1, 0.15) is 5.75 Å². The van der Waals surface area contributed by atoms with Gasteiger partial charge in [0.15, 0.2) is 5.96 Å². The molecular weight excluding hydrogens is 352 g/mol. The molecule has 0 aromatic heterocycles. The van der Waals surface area contributed by atoms with Gasteiger partial charge in [-0.3, -0.25) is 4.79 Å².